The van der Waals surface area contributed by atoms with Gasteiger partial charge in [0.25, 0.3) is 5.92 Å². The van der Waals surface area contributed by atoms with Crippen LogP contribution in [-0.2, 0) is 9.53 Å². The fourth-order valence-electron chi connectivity index (χ4n) is 2.27. The third-order valence-corrected chi connectivity index (χ3v) is 3.48. The number of alkyl halides is 2. The van der Waals surface area contributed by atoms with Gasteiger partial charge in [-0.3, -0.25) is 4.79 Å². The van der Waals surface area contributed by atoms with Crippen molar-refractivity contribution in [2.24, 2.45) is 0 Å². The maximum atomic E-state index is 13.8. The number of likely N-dealkylation sites (tertiary alicyclic amines) is 1. The third-order valence-electron chi connectivity index (χ3n) is 3.48. The molecule has 0 aromatic rings. The molecule has 0 aromatic carbocycles. The van der Waals surface area contributed by atoms with Gasteiger partial charge in [0.05, 0.1) is 13.1 Å². The SMILES string of the molecule is CC(=O)N1CCC(NCC(F)(F)CNC(=O)OC(C)(C)C)CC1. The maximum absolute atomic E-state index is 13.8. The fraction of sp³-hybridized carbons (Fsp3) is 0.867. The Balaban J connectivity index is 2.28. The molecule has 1 aliphatic heterocycles. The highest BCUT2D eigenvalue weighted by Crippen LogP contribution is 2.15. The number of piperidine rings is 1. The summed E-state index contributed by atoms with van der Waals surface area (Å²) in [5.41, 5.74) is -0.720. The highest BCUT2D eigenvalue weighted by atomic mass is 19.3. The number of carbonyl (C=O) groups excluding carboxylic acids is 2. The van der Waals surface area contributed by atoms with Gasteiger partial charge in [0, 0.05) is 26.1 Å². The van der Waals surface area contributed by atoms with Crippen molar-refractivity contribution in [3.05, 3.63) is 0 Å². The van der Waals surface area contributed by atoms with E-state index < -0.39 is 30.7 Å². The molecular weight excluding hydrogens is 308 g/mol. The van der Waals surface area contributed by atoms with E-state index in [-0.39, 0.29) is 11.9 Å². The largest absolute Gasteiger partial charge is 0.444 e. The number of hydrogen-bond acceptors (Lipinski definition) is 4. The molecule has 0 unspecified atom stereocenters. The molecule has 134 valence electrons. The molecule has 0 aliphatic carbocycles. The number of rotatable bonds is 5. The molecule has 2 N–H and O–H groups in total. The van der Waals surface area contributed by atoms with Crippen molar-refractivity contribution >= 4 is 12.0 Å². The van der Waals surface area contributed by atoms with E-state index in [2.05, 4.69) is 10.6 Å². The molecule has 0 aromatic heterocycles. The minimum absolute atomic E-state index is 0.00957. The van der Waals surface area contributed by atoms with Crippen LogP contribution in [-0.4, -0.2) is 60.6 Å². The molecule has 1 heterocycles. The second-order valence-corrected chi connectivity index (χ2v) is 6.87. The van der Waals surface area contributed by atoms with Crippen molar-refractivity contribution in [3.63, 3.8) is 0 Å². The van der Waals surface area contributed by atoms with Crippen molar-refractivity contribution in [3.8, 4) is 0 Å². The third kappa shape index (κ3) is 8.11. The standard InChI is InChI=1S/C15H27F2N3O3/c1-11(21)20-7-5-12(6-8-20)18-9-15(16,17)10-19-13(22)23-14(2,3)4/h12,18H,5-10H2,1-4H3,(H,19,22). The molecule has 2 amide bonds. The molecule has 0 radical (unpaired) electrons. The van der Waals surface area contributed by atoms with Gasteiger partial charge in [-0.2, -0.15) is 0 Å². The molecule has 1 aliphatic rings. The van der Waals surface area contributed by atoms with E-state index in [0.717, 1.165) is 0 Å². The van der Waals surface area contributed by atoms with Crippen LogP contribution in [0, 0.1) is 0 Å². The number of carbonyl (C=O) groups is 2. The first-order chi connectivity index (χ1) is 10.5. The lowest BCUT2D eigenvalue weighted by atomic mass is 10.0. The maximum Gasteiger partial charge on any atom is 0.407 e. The number of alkyl carbamates (subject to hydrolysis) is 1. The van der Waals surface area contributed by atoms with Gasteiger partial charge in [0.1, 0.15) is 5.60 Å². The molecule has 8 heteroatoms. The lowest BCUT2D eigenvalue weighted by molar-refractivity contribution is -0.130. The number of hydrogen-bond donors (Lipinski definition) is 2. The van der Waals surface area contributed by atoms with Crippen molar-refractivity contribution in [1.82, 2.24) is 15.5 Å². The zero-order valence-electron chi connectivity index (χ0n) is 14.2. The van der Waals surface area contributed by atoms with Crippen LogP contribution in [0.25, 0.3) is 0 Å². The van der Waals surface area contributed by atoms with Crippen molar-refractivity contribution in [2.75, 3.05) is 26.2 Å². The topological polar surface area (TPSA) is 70.7 Å². The predicted octanol–water partition coefficient (Wildman–Crippen LogP) is 1.75. The van der Waals surface area contributed by atoms with Crippen LogP contribution >= 0.6 is 0 Å². The van der Waals surface area contributed by atoms with E-state index in [1.54, 1.807) is 25.7 Å². The van der Waals surface area contributed by atoms with Crippen LogP contribution < -0.4 is 10.6 Å². The molecule has 1 fully saturated rings. The molecule has 0 spiro atoms. The number of halogens is 2. The quantitative estimate of drug-likeness (QED) is 0.803. The predicted molar refractivity (Wildman–Crippen MR) is 82.5 cm³/mol. The van der Waals surface area contributed by atoms with Gasteiger partial charge in [-0.25, -0.2) is 13.6 Å². The second-order valence-electron chi connectivity index (χ2n) is 6.87. The molecule has 0 atom stereocenters. The molecular formula is C15H27F2N3O3. The Morgan fingerprint density at radius 3 is 2.22 bits per heavy atom. The van der Waals surface area contributed by atoms with Crippen molar-refractivity contribution < 1.29 is 23.1 Å². The van der Waals surface area contributed by atoms with Crippen LogP contribution in [0.1, 0.15) is 40.5 Å². The zero-order chi connectivity index (χ0) is 17.7. The monoisotopic (exact) mass is 335 g/mol. The number of nitrogens with one attached hydrogen (secondary N) is 2. The summed E-state index contributed by atoms with van der Waals surface area (Å²) >= 11 is 0. The highest BCUT2D eigenvalue weighted by Gasteiger charge is 2.32. The average molecular weight is 335 g/mol. The molecule has 0 saturated carbocycles. The number of nitrogens with zero attached hydrogens (tertiary/aromatic N) is 1. The first-order valence-electron chi connectivity index (χ1n) is 7.82. The summed E-state index contributed by atoms with van der Waals surface area (Å²) in [4.78, 5) is 24.3. The van der Waals surface area contributed by atoms with E-state index in [1.807, 2.05) is 0 Å². The zero-order valence-corrected chi connectivity index (χ0v) is 14.2. The van der Waals surface area contributed by atoms with Gasteiger partial charge in [-0.15, -0.1) is 0 Å². The Morgan fingerprint density at radius 2 is 1.74 bits per heavy atom. The summed E-state index contributed by atoms with van der Waals surface area (Å²) < 4.78 is 32.5. The van der Waals surface area contributed by atoms with Crippen LogP contribution in [0.3, 0.4) is 0 Å². The Labute approximate surface area is 135 Å². The molecule has 1 saturated heterocycles. The minimum Gasteiger partial charge on any atom is -0.444 e. The van der Waals surface area contributed by atoms with Crippen molar-refractivity contribution in [1.29, 1.82) is 0 Å². The average Bonchev–Trinajstić information content (AvgIpc) is 2.42. The van der Waals surface area contributed by atoms with Gasteiger partial charge in [-0.05, 0) is 33.6 Å². The van der Waals surface area contributed by atoms with Gasteiger partial charge in [0.2, 0.25) is 5.91 Å². The summed E-state index contributed by atoms with van der Waals surface area (Å²) in [6, 6.07) is -0.0435. The van der Waals surface area contributed by atoms with Gasteiger partial charge >= 0.3 is 6.09 Å². The minimum atomic E-state index is -3.06. The van der Waals surface area contributed by atoms with E-state index in [4.69, 9.17) is 4.74 Å². The van der Waals surface area contributed by atoms with Crippen LogP contribution in [0.5, 0.6) is 0 Å². The van der Waals surface area contributed by atoms with Gasteiger partial charge < -0.3 is 20.3 Å². The normalized spacial score (nSPS) is 17.0. The number of ether oxygens (including phenoxy) is 1. The van der Waals surface area contributed by atoms with E-state index in [1.165, 1.54) is 6.92 Å². The van der Waals surface area contributed by atoms with Crippen molar-refractivity contribution in [2.45, 2.75) is 58.1 Å². The van der Waals surface area contributed by atoms with Crippen LogP contribution in [0.2, 0.25) is 0 Å². The van der Waals surface area contributed by atoms with E-state index in [9.17, 15) is 18.4 Å². The summed E-state index contributed by atoms with van der Waals surface area (Å²) in [6.45, 7) is 6.36. The Hall–Kier alpha value is -1.44. The Bertz CT molecular complexity index is 417. The van der Waals surface area contributed by atoms with E-state index in [0.29, 0.717) is 25.9 Å². The Morgan fingerprint density at radius 1 is 1.17 bits per heavy atom. The highest BCUT2D eigenvalue weighted by molar-refractivity contribution is 5.73. The summed E-state index contributed by atoms with van der Waals surface area (Å²) in [6.07, 6.45) is 0.441. The second kappa shape index (κ2) is 7.90. The summed E-state index contributed by atoms with van der Waals surface area (Å²) in [5, 5.41) is 4.90. The van der Waals surface area contributed by atoms with E-state index >= 15 is 0 Å². The molecule has 1 rings (SSSR count). The first-order valence-corrected chi connectivity index (χ1v) is 7.82. The molecule has 6 nitrogen and oxygen atoms in total. The summed E-state index contributed by atoms with van der Waals surface area (Å²) in [5.74, 6) is -3.05. The van der Waals surface area contributed by atoms with Crippen LogP contribution in [0.4, 0.5) is 13.6 Å². The lowest BCUT2D eigenvalue weighted by Gasteiger charge is -2.32. The van der Waals surface area contributed by atoms with Gasteiger partial charge in [-0.1, -0.05) is 0 Å². The fourth-order valence-corrected chi connectivity index (χ4v) is 2.27. The van der Waals surface area contributed by atoms with Gasteiger partial charge in [0.15, 0.2) is 0 Å². The Kier molecular flexibility index (Phi) is 6.73. The molecule has 23 heavy (non-hydrogen) atoms. The smallest absolute Gasteiger partial charge is 0.407 e. The molecule has 0 bridgehead atoms. The summed E-state index contributed by atoms with van der Waals surface area (Å²) in [7, 11) is 0. The first kappa shape index (κ1) is 19.6. The van der Waals surface area contributed by atoms with Crippen LogP contribution in [0.15, 0.2) is 0 Å². The lowest BCUT2D eigenvalue weighted by Crippen LogP contribution is -2.50. The number of amides is 2.